The number of amides is 5. The predicted molar refractivity (Wildman–Crippen MR) is 238 cm³/mol. The summed E-state index contributed by atoms with van der Waals surface area (Å²) in [5.41, 5.74) is 4.24. The van der Waals surface area contributed by atoms with Gasteiger partial charge in [0.05, 0.1) is 42.0 Å². The molecule has 0 saturated heterocycles. The van der Waals surface area contributed by atoms with E-state index in [4.69, 9.17) is 18.9 Å². The molecule has 4 atom stereocenters. The van der Waals surface area contributed by atoms with Crippen LogP contribution in [0.15, 0.2) is 55.0 Å². The lowest BCUT2D eigenvalue weighted by Crippen LogP contribution is -2.59. The van der Waals surface area contributed by atoms with Gasteiger partial charge in [-0.2, -0.15) is 0 Å². The van der Waals surface area contributed by atoms with Gasteiger partial charge in [-0.15, -0.1) is 0 Å². The number of nitro benzene ring substituents is 1. The standard InChI is InChI=1S/C44H63N9O12/c1-26(2)37(49-41(58)64-43(4,5)6)40(57)48-31(20-28-16-13-12-14-17-28)38(55)47-32(21-29-24-52(25-46-29)42(59)65-44(7,8)9)39(56)51-50-27(3)30-22-34(62-11)35(23-33(30)53(60)61)63-19-15-18-36(54)45-10/h12-14,16-17,22-27,31-32,37,50H,15,18-21H2,1-11H3,(H,45,54)(H,47,55)(H,48,57)(H,49,58)(H,51,56)/t27?,31-,32-,37-/m1/s1. The lowest BCUT2D eigenvalue weighted by Gasteiger charge is -2.28. The van der Waals surface area contributed by atoms with Crippen LogP contribution in [0, 0.1) is 16.0 Å². The Balaban J connectivity index is 1.95. The lowest BCUT2D eigenvalue weighted by atomic mass is 10.0. The molecule has 6 N–H and O–H groups in total. The summed E-state index contributed by atoms with van der Waals surface area (Å²) in [6, 6.07) is 6.62. The van der Waals surface area contributed by atoms with Crippen molar-refractivity contribution in [2.45, 2.75) is 123 Å². The number of ether oxygens (including phenoxy) is 4. The van der Waals surface area contributed by atoms with Crippen molar-refractivity contribution in [1.29, 1.82) is 0 Å². The third-order valence-corrected chi connectivity index (χ3v) is 9.30. The minimum Gasteiger partial charge on any atom is -0.493 e. The summed E-state index contributed by atoms with van der Waals surface area (Å²) >= 11 is 0. The number of nitrogens with one attached hydrogen (secondary N) is 6. The van der Waals surface area contributed by atoms with Crippen LogP contribution in [0.1, 0.15) is 98.0 Å². The molecule has 3 aromatic rings. The van der Waals surface area contributed by atoms with Gasteiger partial charge < -0.3 is 40.2 Å². The quantitative estimate of drug-likeness (QED) is 0.0498. The average molecular weight is 910 g/mol. The predicted octanol–water partition coefficient (Wildman–Crippen LogP) is 4.17. The van der Waals surface area contributed by atoms with E-state index in [0.29, 0.717) is 12.0 Å². The van der Waals surface area contributed by atoms with E-state index in [0.717, 1.165) is 4.57 Å². The minimum absolute atomic E-state index is 0.0220. The molecule has 3 rings (SSSR count). The second-order valence-electron chi connectivity index (χ2n) is 17.4. The highest BCUT2D eigenvalue weighted by Gasteiger charge is 2.33. The number of hydrogen-bond acceptors (Lipinski definition) is 14. The molecule has 356 valence electrons. The van der Waals surface area contributed by atoms with Gasteiger partial charge in [0.15, 0.2) is 11.5 Å². The first-order valence-corrected chi connectivity index (χ1v) is 21.1. The monoisotopic (exact) mass is 909 g/mol. The van der Waals surface area contributed by atoms with Crippen LogP contribution in [-0.2, 0) is 41.5 Å². The molecule has 0 bridgehead atoms. The van der Waals surface area contributed by atoms with E-state index < -0.39 is 76.1 Å². The van der Waals surface area contributed by atoms with Crippen molar-refractivity contribution in [1.82, 2.24) is 41.7 Å². The maximum absolute atomic E-state index is 14.3. The Hall–Kier alpha value is -6.77. The van der Waals surface area contributed by atoms with Gasteiger partial charge in [-0.3, -0.25) is 34.7 Å². The molecule has 0 saturated carbocycles. The van der Waals surface area contributed by atoms with Crippen LogP contribution in [-0.4, -0.2) is 100 Å². The number of carbonyl (C=O) groups excluding carboxylic acids is 6. The van der Waals surface area contributed by atoms with Gasteiger partial charge >= 0.3 is 12.2 Å². The van der Waals surface area contributed by atoms with Crippen molar-refractivity contribution in [2.24, 2.45) is 5.92 Å². The summed E-state index contributed by atoms with van der Waals surface area (Å²) in [5.74, 6) is -2.69. The van der Waals surface area contributed by atoms with Gasteiger partial charge in [0, 0.05) is 32.5 Å². The summed E-state index contributed by atoms with van der Waals surface area (Å²) in [7, 11) is 2.86. The molecule has 0 aliphatic heterocycles. The van der Waals surface area contributed by atoms with E-state index in [1.165, 1.54) is 38.8 Å². The Morgan fingerprint density at radius 2 is 1.46 bits per heavy atom. The van der Waals surface area contributed by atoms with Gasteiger partial charge in [0.2, 0.25) is 17.7 Å². The number of alkyl carbamates (subject to hydrolysis) is 1. The molecule has 1 heterocycles. The second kappa shape index (κ2) is 23.8. The van der Waals surface area contributed by atoms with Crippen molar-refractivity contribution in [3.63, 3.8) is 0 Å². The zero-order chi connectivity index (χ0) is 48.6. The largest absolute Gasteiger partial charge is 0.493 e. The first kappa shape index (κ1) is 52.6. The Labute approximate surface area is 378 Å². The Morgan fingerprint density at radius 3 is 2.05 bits per heavy atom. The zero-order valence-electron chi connectivity index (χ0n) is 38.9. The van der Waals surface area contributed by atoms with Gasteiger partial charge in [-0.25, -0.2) is 24.6 Å². The molecule has 1 unspecified atom stereocenters. The molecule has 2 aromatic carbocycles. The van der Waals surface area contributed by atoms with Crippen LogP contribution in [0.25, 0.3) is 0 Å². The Morgan fingerprint density at radius 1 is 0.831 bits per heavy atom. The number of rotatable bonds is 21. The topological polar surface area (TPSA) is 272 Å². The number of hydrazine groups is 1. The highest BCUT2D eigenvalue weighted by Crippen LogP contribution is 2.37. The molecule has 5 amide bonds. The number of carbonyl (C=O) groups is 6. The number of nitro groups is 1. The van der Waals surface area contributed by atoms with Crippen LogP contribution in [0.4, 0.5) is 15.3 Å². The highest BCUT2D eigenvalue weighted by atomic mass is 16.6. The molecule has 0 fully saturated rings. The van der Waals surface area contributed by atoms with Gasteiger partial charge in [0.1, 0.15) is 35.7 Å². The molecule has 21 heteroatoms. The number of imidazole rings is 1. The normalized spacial score (nSPS) is 13.3. The molecule has 0 aliphatic rings. The summed E-state index contributed by atoms with van der Waals surface area (Å²) in [5, 5.41) is 22.8. The SMILES string of the molecule is CNC(=O)CCCOc1cc([N+](=O)[O-])c(C(C)NNC(=O)[C@@H](Cc2cn(C(=O)OC(C)(C)C)cn2)NC(=O)[C@@H](Cc2ccccc2)NC(=O)[C@H](NC(=O)OC(C)(C)C)C(C)C)cc1OC. The molecule has 65 heavy (non-hydrogen) atoms. The number of nitrogens with zero attached hydrogens (tertiary/aromatic N) is 3. The van der Waals surface area contributed by atoms with E-state index >= 15 is 0 Å². The first-order chi connectivity index (χ1) is 30.4. The zero-order valence-corrected chi connectivity index (χ0v) is 38.9. The number of methoxy groups -OCH3 is 1. The van der Waals surface area contributed by atoms with Crippen molar-refractivity contribution in [3.8, 4) is 11.5 Å². The highest BCUT2D eigenvalue weighted by molar-refractivity contribution is 5.94. The van der Waals surface area contributed by atoms with Gasteiger partial charge in [-0.05, 0) is 72.4 Å². The summed E-state index contributed by atoms with van der Waals surface area (Å²) < 4.78 is 23.1. The molecule has 0 radical (unpaired) electrons. The minimum atomic E-state index is -1.42. The summed E-state index contributed by atoms with van der Waals surface area (Å²) in [6.45, 7) is 15.2. The Kier molecular flexibility index (Phi) is 19.2. The average Bonchev–Trinajstić information content (AvgIpc) is 3.70. The number of aromatic nitrogens is 2. The second-order valence-corrected chi connectivity index (χ2v) is 17.4. The lowest BCUT2D eigenvalue weighted by molar-refractivity contribution is -0.385. The third kappa shape index (κ3) is 17.4. The van der Waals surface area contributed by atoms with Crippen molar-refractivity contribution in [3.05, 3.63) is 81.9 Å². The Bertz CT molecular complexity index is 2130. The molecule has 1 aromatic heterocycles. The fourth-order valence-electron chi connectivity index (χ4n) is 6.09. The van der Waals surface area contributed by atoms with E-state index in [1.54, 1.807) is 92.6 Å². The third-order valence-electron chi connectivity index (χ3n) is 9.30. The van der Waals surface area contributed by atoms with E-state index in [1.807, 2.05) is 0 Å². The molecular formula is C44H63N9O12. The van der Waals surface area contributed by atoms with E-state index in [2.05, 4.69) is 37.1 Å². The van der Waals surface area contributed by atoms with Crippen LogP contribution in [0.5, 0.6) is 11.5 Å². The van der Waals surface area contributed by atoms with Crippen molar-refractivity contribution < 1.29 is 52.6 Å². The summed E-state index contributed by atoms with van der Waals surface area (Å²) in [6.07, 6.45) is 1.20. The van der Waals surface area contributed by atoms with Crippen LogP contribution in [0.2, 0.25) is 0 Å². The van der Waals surface area contributed by atoms with Crippen molar-refractivity contribution in [2.75, 3.05) is 20.8 Å². The maximum atomic E-state index is 14.3. The van der Waals surface area contributed by atoms with Crippen LogP contribution >= 0.6 is 0 Å². The van der Waals surface area contributed by atoms with Crippen LogP contribution < -0.4 is 41.6 Å². The van der Waals surface area contributed by atoms with Crippen LogP contribution in [0.3, 0.4) is 0 Å². The van der Waals surface area contributed by atoms with E-state index in [9.17, 15) is 38.9 Å². The molecule has 21 nitrogen and oxygen atoms in total. The fourth-order valence-corrected chi connectivity index (χ4v) is 6.09. The van der Waals surface area contributed by atoms with Gasteiger partial charge in [-0.1, -0.05) is 44.2 Å². The first-order valence-electron chi connectivity index (χ1n) is 21.1. The fraction of sp³-hybridized carbons (Fsp3) is 0.523. The molecule has 0 spiro atoms. The smallest absolute Gasteiger partial charge is 0.419 e. The van der Waals surface area contributed by atoms with Gasteiger partial charge in [0.25, 0.3) is 11.6 Å². The van der Waals surface area contributed by atoms with E-state index in [-0.39, 0.29) is 60.2 Å². The number of benzene rings is 2. The maximum Gasteiger partial charge on any atom is 0.419 e. The number of hydrogen-bond donors (Lipinski definition) is 6. The summed E-state index contributed by atoms with van der Waals surface area (Å²) in [4.78, 5) is 95.4. The molecule has 0 aliphatic carbocycles. The van der Waals surface area contributed by atoms with Crippen molar-refractivity contribution >= 4 is 41.5 Å². The molecular weight excluding hydrogens is 847 g/mol.